The molecule has 0 fully saturated rings. The van der Waals surface area contributed by atoms with Crippen LogP contribution >= 0.6 is 0 Å². The largest absolute Gasteiger partial charge is 0.503 e. The van der Waals surface area contributed by atoms with Crippen molar-refractivity contribution in [1.82, 2.24) is 0 Å². The monoisotopic (exact) mass is 160 g/mol. The van der Waals surface area contributed by atoms with Gasteiger partial charge >= 0.3 is 0 Å². The third kappa shape index (κ3) is 9.10. The molecular formula is C4H5CoO3-. The van der Waals surface area contributed by atoms with Gasteiger partial charge in [0.25, 0.3) is 0 Å². The number of carboxylic acids is 1. The molecule has 1 radical (unpaired) electrons. The van der Waals surface area contributed by atoms with Gasteiger partial charge in [-0.15, -0.1) is 0 Å². The summed E-state index contributed by atoms with van der Waals surface area (Å²) in [5.74, 6) is -1.62. The van der Waals surface area contributed by atoms with Crippen LogP contribution in [0.15, 0.2) is 0 Å². The summed E-state index contributed by atoms with van der Waals surface area (Å²) in [6.45, 7) is 1.19. The molecule has 1 N–H and O–H groups in total. The molecule has 49 valence electrons. The van der Waals surface area contributed by atoms with Gasteiger partial charge in [0.2, 0.25) is 0 Å². The maximum atomic E-state index is 9.82. The number of carbonyl (C=O) groups excluding carboxylic acids is 1. The van der Waals surface area contributed by atoms with Crippen LogP contribution in [-0.2, 0) is 26.4 Å². The first-order valence-corrected chi connectivity index (χ1v) is 1.71. The van der Waals surface area contributed by atoms with Gasteiger partial charge in [0.05, 0.1) is 0 Å². The normalized spacial score (nSPS) is 6.62. The summed E-state index contributed by atoms with van der Waals surface area (Å²) in [7, 11) is 0. The van der Waals surface area contributed by atoms with Crippen LogP contribution in [0, 0.1) is 6.42 Å². The smallest absolute Gasteiger partial charge is 0.170 e. The van der Waals surface area contributed by atoms with Crippen LogP contribution < -0.4 is 0 Å². The van der Waals surface area contributed by atoms with Crippen LogP contribution in [-0.4, -0.2) is 16.9 Å². The van der Waals surface area contributed by atoms with E-state index < -0.39 is 11.8 Å². The molecule has 8 heavy (non-hydrogen) atoms. The SMILES string of the molecule is CC(=O)[CH-]C(=O)O.[Co]. The number of rotatable bonds is 2. The number of hydrogen-bond acceptors (Lipinski definition) is 2. The summed E-state index contributed by atoms with van der Waals surface area (Å²) in [5.41, 5.74) is 0. The second-order valence-corrected chi connectivity index (χ2v) is 1.09. The summed E-state index contributed by atoms with van der Waals surface area (Å²) in [5, 5.41) is 7.81. The van der Waals surface area contributed by atoms with E-state index in [2.05, 4.69) is 0 Å². The van der Waals surface area contributed by atoms with Gasteiger partial charge in [0, 0.05) is 22.6 Å². The predicted octanol–water partition coefficient (Wildman–Crippen LogP) is -0.138. The molecule has 0 saturated carbocycles. The molecule has 0 amide bonds. The third-order valence-electron chi connectivity index (χ3n) is 0.327. The molecule has 0 atom stereocenters. The van der Waals surface area contributed by atoms with Gasteiger partial charge in [-0.05, 0) is 6.92 Å². The van der Waals surface area contributed by atoms with Crippen molar-refractivity contribution < 1.29 is 31.5 Å². The molecule has 0 saturated heterocycles. The van der Waals surface area contributed by atoms with E-state index in [4.69, 9.17) is 5.11 Å². The fourth-order valence-electron chi connectivity index (χ4n) is 0.174. The Kier molecular flexibility index (Phi) is 6.12. The van der Waals surface area contributed by atoms with Crippen LogP contribution in [0.5, 0.6) is 0 Å². The standard InChI is InChI=1S/C4H5O3.Co/c1-3(5)2-4(6)7;/h2H,1H3,(H,6,7);/q-1;. The maximum absolute atomic E-state index is 9.82. The zero-order chi connectivity index (χ0) is 5.86. The summed E-state index contributed by atoms with van der Waals surface area (Å²) in [4.78, 5) is 19.4. The molecular weight excluding hydrogens is 155 g/mol. The molecule has 0 unspecified atom stereocenters. The zero-order valence-electron chi connectivity index (χ0n) is 4.17. The molecule has 4 heteroatoms. The average Bonchev–Trinajstić information content (AvgIpc) is 1.27. The van der Waals surface area contributed by atoms with Crippen molar-refractivity contribution in [1.29, 1.82) is 0 Å². The topological polar surface area (TPSA) is 54.4 Å². The second-order valence-electron chi connectivity index (χ2n) is 1.09. The summed E-state index contributed by atoms with van der Waals surface area (Å²) in [6.07, 6.45) is 0.611. The molecule has 0 aromatic rings. The Hall–Kier alpha value is -0.484. The van der Waals surface area contributed by atoms with E-state index in [0.29, 0.717) is 6.42 Å². The molecule has 0 aromatic heterocycles. The number of Topliss-reactive ketones (excluding diaryl/α,β-unsaturated/α-hetero) is 1. The number of ketones is 1. The number of hydrogen-bond donors (Lipinski definition) is 1. The predicted molar refractivity (Wildman–Crippen MR) is 22.6 cm³/mol. The Bertz CT molecular complexity index is 87.5. The van der Waals surface area contributed by atoms with Crippen molar-refractivity contribution in [3.8, 4) is 0 Å². The van der Waals surface area contributed by atoms with Gasteiger partial charge in [0.1, 0.15) is 0 Å². The van der Waals surface area contributed by atoms with Gasteiger partial charge < -0.3 is 9.90 Å². The number of carbonyl (C=O) groups is 2. The van der Waals surface area contributed by atoms with E-state index in [-0.39, 0.29) is 16.8 Å². The fraction of sp³-hybridized carbons (Fsp3) is 0.250. The number of aliphatic carboxylic acids is 1. The third-order valence-corrected chi connectivity index (χ3v) is 0.327. The summed E-state index contributed by atoms with van der Waals surface area (Å²) >= 11 is 0. The molecule has 0 aromatic carbocycles. The Labute approximate surface area is 57.3 Å². The van der Waals surface area contributed by atoms with Crippen LogP contribution in [0.2, 0.25) is 0 Å². The van der Waals surface area contributed by atoms with Gasteiger partial charge in [-0.3, -0.25) is 4.79 Å². The van der Waals surface area contributed by atoms with Crippen molar-refractivity contribution >= 4 is 11.8 Å². The molecule has 0 aliphatic carbocycles. The van der Waals surface area contributed by atoms with E-state index in [1.807, 2.05) is 0 Å². The number of carboxylic acid groups (broad SMARTS) is 1. The van der Waals surface area contributed by atoms with Crippen LogP contribution in [0.4, 0.5) is 0 Å². The van der Waals surface area contributed by atoms with Crippen molar-refractivity contribution in [2.45, 2.75) is 6.92 Å². The fourth-order valence-corrected chi connectivity index (χ4v) is 0.174. The minimum atomic E-state index is -1.19. The van der Waals surface area contributed by atoms with E-state index >= 15 is 0 Å². The van der Waals surface area contributed by atoms with E-state index in [0.717, 1.165) is 0 Å². The van der Waals surface area contributed by atoms with E-state index in [1.54, 1.807) is 0 Å². The Morgan fingerprint density at radius 2 is 1.88 bits per heavy atom. The van der Waals surface area contributed by atoms with Crippen LogP contribution in [0.1, 0.15) is 6.92 Å². The first-order chi connectivity index (χ1) is 3.13. The molecule has 0 bridgehead atoms. The molecule has 0 aliphatic rings. The quantitative estimate of drug-likeness (QED) is 0.451. The first-order valence-electron chi connectivity index (χ1n) is 1.71. The Morgan fingerprint density at radius 3 is 1.88 bits per heavy atom. The molecule has 0 aliphatic heterocycles. The molecule has 0 spiro atoms. The summed E-state index contributed by atoms with van der Waals surface area (Å²) < 4.78 is 0. The van der Waals surface area contributed by atoms with Crippen LogP contribution in [0.25, 0.3) is 0 Å². The van der Waals surface area contributed by atoms with Crippen molar-refractivity contribution in [3.63, 3.8) is 0 Å². The van der Waals surface area contributed by atoms with Gasteiger partial charge in [0.15, 0.2) is 5.97 Å². The Balaban J connectivity index is 0. The average molecular weight is 160 g/mol. The molecule has 0 heterocycles. The van der Waals surface area contributed by atoms with Crippen molar-refractivity contribution in [2.75, 3.05) is 0 Å². The Morgan fingerprint density at radius 1 is 1.50 bits per heavy atom. The summed E-state index contributed by atoms with van der Waals surface area (Å²) in [6, 6.07) is 0. The van der Waals surface area contributed by atoms with E-state index in [1.165, 1.54) is 6.92 Å². The van der Waals surface area contributed by atoms with Gasteiger partial charge in [-0.1, -0.05) is 0 Å². The van der Waals surface area contributed by atoms with Crippen LogP contribution in [0.3, 0.4) is 0 Å². The molecule has 3 nitrogen and oxygen atoms in total. The first kappa shape index (κ1) is 10.5. The minimum absolute atomic E-state index is 0. The maximum Gasteiger partial charge on any atom is 0.170 e. The van der Waals surface area contributed by atoms with Crippen molar-refractivity contribution in [2.24, 2.45) is 0 Å². The molecule has 0 rings (SSSR count). The second kappa shape index (κ2) is 4.67. The minimum Gasteiger partial charge on any atom is -0.503 e. The van der Waals surface area contributed by atoms with Crippen molar-refractivity contribution in [3.05, 3.63) is 6.42 Å². The van der Waals surface area contributed by atoms with Gasteiger partial charge in [-0.2, -0.15) is 0 Å². The van der Waals surface area contributed by atoms with Gasteiger partial charge in [-0.25, -0.2) is 6.42 Å². The van der Waals surface area contributed by atoms with E-state index in [9.17, 15) is 9.59 Å². The zero-order valence-corrected chi connectivity index (χ0v) is 5.22.